The van der Waals surface area contributed by atoms with Gasteiger partial charge in [-0.3, -0.25) is 4.79 Å². The summed E-state index contributed by atoms with van der Waals surface area (Å²) in [5.74, 6) is -1.18. The number of carbonyl (C=O) groups excluding carboxylic acids is 1. The van der Waals surface area contributed by atoms with Crippen LogP contribution in [0.15, 0.2) is 0 Å². The van der Waals surface area contributed by atoms with Crippen molar-refractivity contribution in [3.05, 3.63) is 0 Å². The smallest absolute Gasteiger partial charge is 0.377 e. The molecule has 2 atom stereocenters. The van der Waals surface area contributed by atoms with E-state index in [1.807, 2.05) is 6.92 Å². The van der Waals surface area contributed by atoms with Crippen molar-refractivity contribution in [2.75, 3.05) is 21.3 Å². The molecule has 3 radical (unpaired) electrons. The summed E-state index contributed by atoms with van der Waals surface area (Å²) in [6.45, 7) is 4.24. The minimum absolute atomic E-state index is 0. The highest BCUT2D eigenvalue weighted by Crippen LogP contribution is 2.36. The van der Waals surface area contributed by atoms with Crippen LogP contribution in [0.3, 0.4) is 0 Å². The van der Waals surface area contributed by atoms with Crippen LogP contribution in [0, 0.1) is 5.92 Å². The normalized spacial score (nSPS) is 14.6. The lowest BCUT2D eigenvalue weighted by Gasteiger charge is -2.32. The highest BCUT2D eigenvalue weighted by atomic mass is 28.4. The highest BCUT2D eigenvalue weighted by Gasteiger charge is 2.44. The Morgan fingerprint density at radius 2 is 1.32 bits per heavy atom. The van der Waals surface area contributed by atoms with E-state index in [2.05, 4.69) is 6.92 Å². The van der Waals surface area contributed by atoms with E-state index < -0.39 is 20.4 Å². The van der Waals surface area contributed by atoms with E-state index in [-0.39, 0.29) is 18.5 Å². The number of hydrogen-bond acceptors (Lipinski definition) is 4. The molecule has 0 aromatic carbocycles. The zero-order valence-corrected chi connectivity index (χ0v) is 21.7. The maximum absolute atomic E-state index is 15.8. The van der Waals surface area contributed by atoms with Crippen LogP contribution in [-0.2, 0) is 18.1 Å². The first-order valence-corrected chi connectivity index (χ1v) is 13.9. The second-order valence-corrected chi connectivity index (χ2v) is 11.6. The number of carbonyl (C=O) groups is 1. The number of rotatable bonds is 21. The Balaban J connectivity index is 0. The van der Waals surface area contributed by atoms with Gasteiger partial charge in [0, 0.05) is 39.4 Å². The van der Waals surface area contributed by atoms with Gasteiger partial charge in [0.1, 0.15) is 0 Å². The van der Waals surface area contributed by atoms with Crippen molar-refractivity contribution < 1.29 is 22.5 Å². The van der Waals surface area contributed by atoms with Crippen molar-refractivity contribution in [3.63, 3.8) is 0 Å². The Morgan fingerprint density at radius 3 is 1.74 bits per heavy atom. The second-order valence-electron chi connectivity index (χ2n) is 8.48. The molecule has 0 aliphatic rings. The van der Waals surface area contributed by atoms with Crippen molar-refractivity contribution in [1.29, 1.82) is 0 Å². The molecule has 2 N–H and O–H groups in total. The molecular weight excluding hydrogens is 415 g/mol. The van der Waals surface area contributed by atoms with Crippen LogP contribution in [-0.4, -0.2) is 41.7 Å². The van der Waals surface area contributed by atoms with Crippen LogP contribution >= 0.6 is 0 Å². The van der Waals surface area contributed by atoms with Gasteiger partial charge in [0.15, 0.2) is 5.67 Å². The molecule has 0 heterocycles. The predicted octanol–water partition coefficient (Wildman–Crippen LogP) is 5.69. The van der Waals surface area contributed by atoms with E-state index in [0.29, 0.717) is 31.7 Å². The first kappa shape index (κ1) is 32.6. The Labute approximate surface area is 192 Å². The van der Waals surface area contributed by atoms with Gasteiger partial charge in [-0.2, -0.15) is 0 Å². The molecule has 0 saturated heterocycles. The molecule has 0 aliphatic heterocycles. The number of nitrogens with two attached hydrogens (primary N) is 1. The van der Waals surface area contributed by atoms with E-state index in [4.69, 9.17) is 19.0 Å². The third-order valence-corrected chi connectivity index (χ3v) is 9.14. The maximum Gasteiger partial charge on any atom is 0.500 e. The predicted molar refractivity (Wildman–Crippen MR) is 126 cm³/mol. The number of nitrogens with zero attached hydrogens (tertiary/aromatic N) is 1. The molecule has 0 aromatic heterocycles. The van der Waals surface area contributed by atoms with Crippen LogP contribution in [0.1, 0.15) is 104 Å². The van der Waals surface area contributed by atoms with Gasteiger partial charge < -0.3 is 19.0 Å². The summed E-state index contributed by atoms with van der Waals surface area (Å²) < 4.78 is 32.1. The zero-order chi connectivity index (χ0) is 22.9. The van der Waals surface area contributed by atoms with E-state index in [9.17, 15) is 4.79 Å². The standard InChI is InChI=1S/C23H48FNO4Si.N/c1-6-8-9-10-11-12-13-14-15-19-23(24,22(25)26)21(17-7-2)18-16-20-30(27-3,28-4)29-5;/h21H,6-20H2,1-5H3,(H2,25,26);. The monoisotopic (exact) mass is 463 g/mol. The minimum atomic E-state index is -2.68. The third kappa shape index (κ3) is 12.3. The Morgan fingerprint density at radius 1 is 0.839 bits per heavy atom. The van der Waals surface area contributed by atoms with Gasteiger partial charge in [0.25, 0.3) is 5.91 Å². The molecule has 8 heteroatoms. The van der Waals surface area contributed by atoms with E-state index >= 15 is 4.39 Å². The molecule has 0 rings (SSSR count). The van der Waals surface area contributed by atoms with Crippen LogP contribution < -0.4 is 11.9 Å². The van der Waals surface area contributed by atoms with E-state index in [1.54, 1.807) is 21.3 Å². The summed E-state index contributed by atoms with van der Waals surface area (Å²) in [7, 11) is 2.05. The average Bonchev–Trinajstić information content (AvgIpc) is 2.75. The van der Waals surface area contributed by atoms with E-state index in [1.165, 1.54) is 38.5 Å². The van der Waals surface area contributed by atoms with Gasteiger partial charge in [-0.05, 0) is 32.1 Å². The van der Waals surface area contributed by atoms with Crippen LogP contribution in [0.25, 0.3) is 0 Å². The SMILES string of the molecule is CCCCCCCCCCCC(F)(C(N)=O)C(CCC)CCC[Si](OC)(OC)OC.[N]. The van der Waals surface area contributed by atoms with Gasteiger partial charge >= 0.3 is 8.80 Å². The molecule has 6 nitrogen and oxygen atoms in total. The first-order valence-electron chi connectivity index (χ1n) is 12.0. The van der Waals surface area contributed by atoms with Gasteiger partial charge in [0.2, 0.25) is 0 Å². The molecule has 0 aliphatic carbocycles. The van der Waals surface area contributed by atoms with Crippen molar-refractivity contribution in [1.82, 2.24) is 6.15 Å². The van der Waals surface area contributed by atoms with Gasteiger partial charge in [-0.25, -0.2) is 4.39 Å². The Hall–Kier alpha value is -0.543. The van der Waals surface area contributed by atoms with Gasteiger partial charge in [0.05, 0.1) is 0 Å². The molecular formula is C23H48FN2O4Si. The van der Waals surface area contributed by atoms with Gasteiger partial charge in [-0.1, -0.05) is 71.6 Å². The number of amides is 1. The molecule has 31 heavy (non-hydrogen) atoms. The number of unbranched alkanes of at least 4 members (excludes halogenated alkanes) is 8. The number of alkyl halides is 1. The number of halogens is 1. The topological polar surface area (TPSA) is 101 Å². The van der Waals surface area contributed by atoms with Crippen LogP contribution in [0.5, 0.6) is 0 Å². The number of primary amides is 1. The zero-order valence-electron chi connectivity index (χ0n) is 20.7. The summed E-state index contributed by atoms with van der Waals surface area (Å²) in [6.07, 6.45) is 13.3. The Kier molecular flexibility index (Phi) is 20.0. The molecule has 2 unspecified atom stereocenters. The summed E-state index contributed by atoms with van der Waals surface area (Å²) in [5, 5.41) is 0. The average molecular weight is 464 g/mol. The van der Waals surface area contributed by atoms with Crippen molar-refractivity contribution in [3.8, 4) is 0 Å². The van der Waals surface area contributed by atoms with Crippen molar-refractivity contribution >= 4 is 14.7 Å². The summed E-state index contributed by atoms with van der Waals surface area (Å²) >= 11 is 0. The maximum atomic E-state index is 15.8. The molecule has 1 amide bonds. The Bertz CT molecular complexity index is 434. The molecule has 185 valence electrons. The molecule has 0 saturated carbocycles. The fourth-order valence-electron chi connectivity index (χ4n) is 4.29. The fourth-order valence-corrected chi connectivity index (χ4v) is 6.04. The van der Waals surface area contributed by atoms with Crippen LogP contribution in [0.2, 0.25) is 6.04 Å². The molecule has 0 spiro atoms. The third-order valence-electron chi connectivity index (χ3n) is 6.31. The molecule has 0 aromatic rings. The van der Waals surface area contributed by atoms with Crippen LogP contribution in [0.4, 0.5) is 4.39 Å². The quantitative estimate of drug-likeness (QED) is 0.174. The van der Waals surface area contributed by atoms with E-state index in [0.717, 1.165) is 19.3 Å². The van der Waals surface area contributed by atoms with Gasteiger partial charge in [-0.15, -0.1) is 0 Å². The number of hydrogen-bond donors (Lipinski definition) is 1. The molecule has 0 bridgehead atoms. The van der Waals surface area contributed by atoms with Crippen molar-refractivity contribution in [2.24, 2.45) is 11.7 Å². The lowest BCUT2D eigenvalue weighted by atomic mass is 9.78. The summed E-state index contributed by atoms with van der Waals surface area (Å²) in [5.41, 5.74) is 3.63. The summed E-state index contributed by atoms with van der Waals surface area (Å²) in [6, 6.07) is 0.601. The second kappa shape index (κ2) is 19.0. The largest absolute Gasteiger partial charge is 0.500 e. The summed E-state index contributed by atoms with van der Waals surface area (Å²) in [4.78, 5) is 12.1. The fraction of sp³-hybridized carbons (Fsp3) is 0.957. The lowest BCUT2D eigenvalue weighted by molar-refractivity contribution is -0.134. The highest BCUT2D eigenvalue weighted by molar-refractivity contribution is 6.60. The molecule has 0 fully saturated rings. The van der Waals surface area contributed by atoms with Crippen molar-refractivity contribution in [2.45, 2.75) is 115 Å². The minimum Gasteiger partial charge on any atom is -0.377 e. The first-order chi connectivity index (χ1) is 14.4. The lowest BCUT2D eigenvalue weighted by Crippen LogP contribution is -2.47.